The molecule has 1 aliphatic rings. The molecule has 1 aliphatic heterocycles. The molecule has 0 fully saturated rings. The van der Waals surface area contributed by atoms with Gasteiger partial charge in [0.05, 0.1) is 0 Å². The molecular weight excluding hydrogens is 133 g/mol. The number of nitrogens with one attached hydrogen (secondary N) is 1. The molecule has 5 heteroatoms. The smallest absolute Gasteiger partial charge is 0.236 e. The summed E-state index contributed by atoms with van der Waals surface area (Å²) in [4.78, 5) is 3.01. The lowest BCUT2D eigenvalue weighted by atomic mass is 10.6. The molecular formula is C4H3F3N2+. The van der Waals surface area contributed by atoms with Crippen LogP contribution >= 0.6 is 0 Å². The number of hydrogen-bond donors (Lipinski definition) is 1. The van der Waals surface area contributed by atoms with Crippen LogP contribution in [0.5, 0.6) is 0 Å². The van der Waals surface area contributed by atoms with E-state index in [1.54, 1.807) is 0 Å². The van der Waals surface area contributed by atoms with Crippen LogP contribution in [0.1, 0.15) is 0 Å². The van der Waals surface area contributed by atoms with Gasteiger partial charge in [0, 0.05) is 0 Å². The molecule has 0 aromatic heterocycles. The van der Waals surface area contributed by atoms with E-state index in [1.807, 2.05) is 5.32 Å². The second kappa shape index (κ2) is 1.75. The Morgan fingerprint density at radius 1 is 1.44 bits per heavy atom. The fourth-order valence-corrected chi connectivity index (χ4v) is 0.420. The molecule has 0 amide bonds. The Morgan fingerprint density at radius 2 is 2.11 bits per heavy atom. The van der Waals surface area contributed by atoms with Crippen LogP contribution in [0.15, 0.2) is 12.4 Å². The van der Waals surface area contributed by atoms with Crippen LogP contribution in [-0.4, -0.2) is 12.0 Å². The lowest BCUT2D eigenvalue weighted by molar-refractivity contribution is -0.0613. The number of alkyl halides is 3. The molecule has 1 heterocycles. The molecule has 1 rings (SSSR count). The molecule has 0 aromatic carbocycles. The first-order chi connectivity index (χ1) is 4.11. The second-order valence-corrected chi connectivity index (χ2v) is 1.44. The molecule has 0 aliphatic carbocycles. The van der Waals surface area contributed by atoms with E-state index < -0.39 is 12.0 Å². The van der Waals surface area contributed by atoms with E-state index in [4.69, 9.17) is 0 Å². The van der Waals surface area contributed by atoms with Crippen LogP contribution in [0.2, 0.25) is 0 Å². The molecule has 1 N–H and O–H groups in total. The zero-order valence-corrected chi connectivity index (χ0v) is 4.24. The number of halogens is 3. The molecule has 0 bridgehead atoms. The van der Waals surface area contributed by atoms with Crippen molar-refractivity contribution in [3.63, 3.8) is 0 Å². The van der Waals surface area contributed by atoms with E-state index in [1.165, 1.54) is 0 Å². The molecule has 0 atom stereocenters. The molecule has 0 saturated carbocycles. The van der Waals surface area contributed by atoms with Crippen molar-refractivity contribution in [1.82, 2.24) is 10.3 Å². The second-order valence-electron chi connectivity index (χ2n) is 1.44. The summed E-state index contributed by atoms with van der Waals surface area (Å²) in [5.74, 6) is -0.956. The Morgan fingerprint density at radius 3 is 2.33 bits per heavy atom. The first-order valence-corrected chi connectivity index (χ1v) is 2.17. The Balaban J connectivity index is 2.66. The maximum Gasteiger partial charge on any atom is 0.498 e. The van der Waals surface area contributed by atoms with Crippen molar-refractivity contribution in [2.75, 3.05) is 0 Å². The van der Waals surface area contributed by atoms with Crippen LogP contribution in [0.25, 0.3) is 0 Å². The Labute approximate surface area is 49.1 Å². The van der Waals surface area contributed by atoms with Gasteiger partial charge in [0.25, 0.3) is 0 Å². The number of nitrogens with zero attached hydrogens (tertiary/aromatic N) is 1. The molecule has 0 aromatic rings. The van der Waals surface area contributed by atoms with Crippen molar-refractivity contribution in [2.45, 2.75) is 6.18 Å². The van der Waals surface area contributed by atoms with E-state index >= 15 is 0 Å². The topological polar surface area (TPSA) is 26.1 Å². The summed E-state index contributed by atoms with van der Waals surface area (Å²) in [7, 11) is 0. The molecule has 9 heavy (non-hydrogen) atoms. The van der Waals surface area contributed by atoms with E-state index in [0.29, 0.717) is 0 Å². The summed E-state index contributed by atoms with van der Waals surface area (Å²) < 4.78 is 34.6. The summed E-state index contributed by atoms with van der Waals surface area (Å²) in [5, 5.41) is 1.94. The van der Waals surface area contributed by atoms with Gasteiger partial charge in [0.15, 0.2) is 6.20 Å². The van der Waals surface area contributed by atoms with E-state index in [-0.39, 0.29) is 0 Å². The van der Waals surface area contributed by atoms with Crippen molar-refractivity contribution in [1.29, 1.82) is 0 Å². The highest BCUT2D eigenvalue weighted by Gasteiger charge is 2.44. The van der Waals surface area contributed by atoms with E-state index in [9.17, 15) is 13.2 Å². The summed E-state index contributed by atoms with van der Waals surface area (Å²) in [5.41, 5.74) is 0. The third-order valence-electron chi connectivity index (χ3n) is 0.767. The highest BCUT2D eigenvalue weighted by molar-refractivity contribution is 5.88. The average Bonchev–Trinajstić information content (AvgIpc) is 2.08. The Hall–Kier alpha value is -1.00. The summed E-state index contributed by atoms with van der Waals surface area (Å²) in [6.45, 7) is 0. The van der Waals surface area contributed by atoms with Gasteiger partial charge in [0.2, 0.25) is 0 Å². The maximum absolute atomic E-state index is 11.5. The highest BCUT2D eigenvalue weighted by Crippen LogP contribution is 2.14. The minimum absolute atomic E-state index is 0.956. The van der Waals surface area contributed by atoms with Crippen LogP contribution in [0, 0.1) is 0 Å². The third kappa shape index (κ3) is 1.22. The number of hydrogen-bond acceptors (Lipinski definition) is 2. The van der Waals surface area contributed by atoms with Gasteiger partial charge < -0.3 is 0 Å². The molecule has 2 nitrogen and oxygen atoms in total. The van der Waals surface area contributed by atoms with Gasteiger partial charge in [-0.3, -0.25) is 0 Å². The van der Waals surface area contributed by atoms with Crippen LogP contribution in [0.3, 0.4) is 0 Å². The number of rotatable bonds is 0. The Bertz CT molecular complexity index is 167. The zero-order chi connectivity index (χ0) is 6.91. The first kappa shape index (κ1) is 6.12. The van der Waals surface area contributed by atoms with Gasteiger partial charge in [-0.2, -0.15) is 13.2 Å². The molecule has 49 valence electrons. The van der Waals surface area contributed by atoms with Crippen molar-refractivity contribution < 1.29 is 13.2 Å². The number of amidine groups is 1. The van der Waals surface area contributed by atoms with Crippen LogP contribution in [0.4, 0.5) is 13.2 Å². The zero-order valence-electron chi connectivity index (χ0n) is 4.24. The van der Waals surface area contributed by atoms with Crippen molar-refractivity contribution in [3.05, 3.63) is 12.4 Å². The largest absolute Gasteiger partial charge is 0.498 e. The Kier molecular flexibility index (Phi) is 1.19. The fourth-order valence-electron chi connectivity index (χ4n) is 0.420. The lowest BCUT2D eigenvalue weighted by Gasteiger charge is -1.95. The molecule has 0 saturated heterocycles. The molecule has 0 spiro atoms. The van der Waals surface area contributed by atoms with Gasteiger partial charge in [-0.15, -0.1) is 0 Å². The van der Waals surface area contributed by atoms with Gasteiger partial charge >= 0.3 is 12.0 Å². The van der Waals surface area contributed by atoms with E-state index in [2.05, 4.69) is 4.99 Å². The number of aliphatic imine (C=N–C) groups is 1. The first-order valence-electron chi connectivity index (χ1n) is 2.17. The van der Waals surface area contributed by atoms with Crippen molar-refractivity contribution in [3.8, 4) is 0 Å². The van der Waals surface area contributed by atoms with Gasteiger partial charge in [-0.25, -0.2) is 5.32 Å². The summed E-state index contributed by atoms with van der Waals surface area (Å²) in [6, 6.07) is 0. The minimum Gasteiger partial charge on any atom is -0.236 e. The standard InChI is InChI=1S/C4H3F3N2/c5-4(6,7)3-8-1-2-9-3/h1-2,8H/q+1. The highest BCUT2D eigenvalue weighted by atomic mass is 19.4. The van der Waals surface area contributed by atoms with Crippen LogP contribution in [-0.2, 0) is 0 Å². The van der Waals surface area contributed by atoms with Crippen LogP contribution < -0.4 is 10.3 Å². The third-order valence-corrected chi connectivity index (χ3v) is 0.767. The minimum atomic E-state index is -4.34. The molecule has 0 unspecified atom stereocenters. The van der Waals surface area contributed by atoms with Gasteiger partial charge in [-0.05, 0) is 4.99 Å². The van der Waals surface area contributed by atoms with Gasteiger partial charge in [-0.1, -0.05) is 0 Å². The monoisotopic (exact) mass is 136 g/mol. The lowest BCUT2D eigenvalue weighted by Crippen LogP contribution is -2.34. The SMILES string of the molecule is FC(F)(F)C1=[N+]C=CN1. The predicted octanol–water partition coefficient (Wildman–Crippen LogP) is 0.357. The maximum atomic E-state index is 11.5. The average molecular weight is 136 g/mol. The van der Waals surface area contributed by atoms with E-state index in [0.717, 1.165) is 12.4 Å². The quantitative estimate of drug-likeness (QED) is 0.511. The summed E-state index contributed by atoms with van der Waals surface area (Å²) >= 11 is 0. The van der Waals surface area contributed by atoms with Crippen molar-refractivity contribution >= 4 is 5.84 Å². The fraction of sp³-hybridized carbons (Fsp3) is 0.250. The molecule has 1 radical (unpaired) electrons. The predicted molar refractivity (Wildman–Crippen MR) is 25.5 cm³/mol. The van der Waals surface area contributed by atoms with Crippen molar-refractivity contribution in [2.24, 2.45) is 0 Å². The normalized spacial score (nSPS) is 17.4. The van der Waals surface area contributed by atoms with Gasteiger partial charge in [0.1, 0.15) is 6.20 Å². The summed E-state index contributed by atoms with van der Waals surface area (Å²) in [6.07, 6.45) is -2.16.